The molecular formula is C8H17OP. The summed E-state index contributed by atoms with van der Waals surface area (Å²) < 4.78 is 6.02. The Hall–Kier alpha value is 0.390. The Morgan fingerprint density at radius 3 is 2.10 bits per heavy atom. The topological polar surface area (TPSA) is 9.23 Å². The molecule has 2 heterocycles. The van der Waals surface area contributed by atoms with E-state index in [4.69, 9.17) is 4.52 Å². The van der Waals surface area contributed by atoms with Crippen molar-refractivity contribution in [3.8, 4) is 0 Å². The van der Waals surface area contributed by atoms with Crippen molar-refractivity contribution in [1.82, 2.24) is 0 Å². The Kier molecular flexibility index (Phi) is 1.38. The second kappa shape index (κ2) is 1.95. The molecule has 10 heavy (non-hydrogen) atoms. The van der Waals surface area contributed by atoms with Crippen molar-refractivity contribution < 1.29 is 4.52 Å². The summed E-state index contributed by atoms with van der Waals surface area (Å²) >= 11 is 0. The van der Waals surface area contributed by atoms with Gasteiger partial charge in [0.1, 0.15) is 0 Å². The van der Waals surface area contributed by atoms with Gasteiger partial charge in [0.15, 0.2) is 0 Å². The molecule has 0 amide bonds. The maximum atomic E-state index is 6.02. The van der Waals surface area contributed by atoms with Gasteiger partial charge >= 0.3 is 62.4 Å². The van der Waals surface area contributed by atoms with Crippen LogP contribution in [-0.2, 0) is 4.52 Å². The van der Waals surface area contributed by atoms with Gasteiger partial charge in [-0.25, -0.2) is 0 Å². The third kappa shape index (κ3) is 0.914. The van der Waals surface area contributed by atoms with Gasteiger partial charge in [0.05, 0.1) is 0 Å². The molecule has 1 nitrogen and oxygen atoms in total. The molecule has 0 unspecified atom stereocenters. The molecule has 2 heteroatoms. The van der Waals surface area contributed by atoms with E-state index in [0.29, 0.717) is 0 Å². The summed E-state index contributed by atoms with van der Waals surface area (Å²) in [4.78, 5) is 0. The molecule has 2 aliphatic heterocycles. The van der Waals surface area contributed by atoms with Crippen LogP contribution < -0.4 is 0 Å². The standard InChI is InChI=1S/C8H17OP/c1-10(6-2-3-7-10)8-4-5-9-10/h2-8H2,1H3. The Morgan fingerprint density at radius 1 is 1.00 bits per heavy atom. The number of hydrogen-bond acceptors (Lipinski definition) is 1. The molecule has 2 aliphatic rings. The molecule has 1 spiro atoms. The van der Waals surface area contributed by atoms with Crippen LogP contribution in [0, 0.1) is 0 Å². The minimum absolute atomic E-state index is 1.06. The van der Waals surface area contributed by atoms with Crippen LogP contribution in [0.4, 0.5) is 0 Å². The van der Waals surface area contributed by atoms with E-state index in [1.54, 1.807) is 0 Å². The minimum atomic E-state index is -1.43. The summed E-state index contributed by atoms with van der Waals surface area (Å²) in [6.45, 7) is 2.10. The molecule has 0 aromatic carbocycles. The van der Waals surface area contributed by atoms with Crippen molar-refractivity contribution in [3.63, 3.8) is 0 Å². The Balaban J connectivity index is 2.22. The number of rotatable bonds is 0. The van der Waals surface area contributed by atoms with E-state index in [0.717, 1.165) is 6.61 Å². The molecule has 0 bridgehead atoms. The fourth-order valence-corrected chi connectivity index (χ4v) is 7.52. The van der Waals surface area contributed by atoms with E-state index in [1.165, 1.54) is 37.7 Å². The van der Waals surface area contributed by atoms with Gasteiger partial charge in [-0.15, -0.1) is 0 Å². The van der Waals surface area contributed by atoms with Crippen LogP contribution in [0.25, 0.3) is 0 Å². The van der Waals surface area contributed by atoms with Crippen LogP contribution in [0.15, 0.2) is 0 Å². The zero-order valence-corrected chi connectivity index (χ0v) is 7.70. The van der Waals surface area contributed by atoms with Gasteiger partial charge in [-0.05, 0) is 0 Å². The molecule has 2 fully saturated rings. The van der Waals surface area contributed by atoms with Gasteiger partial charge in [0.25, 0.3) is 0 Å². The van der Waals surface area contributed by atoms with Gasteiger partial charge in [-0.3, -0.25) is 0 Å². The van der Waals surface area contributed by atoms with E-state index in [-0.39, 0.29) is 0 Å². The summed E-state index contributed by atoms with van der Waals surface area (Å²) in [7, 11) is 0. The molecule has 0 aliphatic carbocycles. The van der Waals surface area contributed by atoms with E-state index in [9.17, 15) is 0 Å². The van der Waals surface area contributed by atoms with Crippen LogP contribution in [0.3, 0.4) is 0 Å². The van der Waals surface area contributed by atoms with Gasteiger partial charge in [-0.2, -0.15) is 0 Å². The van der Waals surface area contributed by atoms with E-state index >= 15 is 0 Å². The average Bonchev–Trinajstić information content (AvgIpc) is 2.44. The molecule has 0 atom stereocenters. The van der Waals surface area contributed by atoms with E-state index in [1.807, 2.05) is 0 Å². The van der Waals surface area contributed by atoms with Gasteiger partial charge < -0.3 is 0 Å². The molecule has 60 valence electrons. The first-order chi connectivity index (χ1) is 4.71. The average molecular weight is 160 g/mol. The molecule has 2 rings (SSSR count). The third-order valence-corrected chi connectivity index (χ3v) is 8.98. The fourth-order valence-electron chi connectivity index (χ4n) is 2.51. The van der Waals surface area contributed by atoms with Crippen molar-refractivity contribution in [2.75, 3.05) is 31.8 Å². The van der Waals surface area contributed by atoms with E-state index < -0.39 is 6.83 Å². The van der Waals surface area contributed by atoms with Crippen LogP contribution in [0.5, 0.6) is 0 Å². The Morgan fingerprint density at radius 2 is 1.60 bits per heavy atom. The summed E-state index contributed by atoms with van der Waals surface area (Å²) in [6, 6.07) is 0. The SMILES string of the molecule is CP12(CCCC1)CCCO2. The van der Waals surface area contributed by atoms with Crippen LogP contribution in [0.2, 0.25) is 0 Å². The van der Waals surface area contributed by atoms with E-state index in [2.05, 4.69) is 6.66 Å². The van der Waals surface area contributed by atoms with Crippen LogP contribution in [0.1, 0.15) is 19.3 Å². The molecule has 0 aromatic rings. The normalized spacial score (nSPS) is 39.5. The van der Waals surface area contributed by atoms with Crippen LogP contribution in [-0.4, -0.2) is 31.8 Å². The monoisotopic (exact) mass is 160 g/mol. The summed E-state index contributed by atoms with van der Waals surface area (Å²) in [5.41, 5.74) is 0. The van der Waals surface area contributed by atoms with Crippen molar-refractivity contribution in [1.29, 1.82) is 0 Å². The molecular weight excluding hydrogens is 143 g/mol. The molecule has 0 radical (unpaired) electrons. The predicted octanol–water partition coefficient (Wildman–Crippen LogP) is 2.30. The Labute approximate surface area is 63.2 Å². The third-order valence-electron chi connectivity index (χ3n) is 3.26. The quantitative estimate of drug-likeness (QED) is 0.494. The summed E-state index contributed by atoms with van der Waals surface area (Å²) in [5.74, 6) is 0. The zero-order chi connectivity index (χ0) is 7.10. The first kappa shape index (κ1) is 7.06. The van der Waals surface area contributed by atoms with Crippen molar-refractivity contribution in [2.45, 2.75) is 19.3 Å². The summed E-state index contributed by atoms with van der Waals surface area (Å²) in [5, 5.41) is 0. The summed E-state index contributed by atoms with van der Waals surface area (Å²) in [6.07, 6.45) is 8.53. The zero-order valence-electron chi connectivity index (χ0n) is 6.81. The number of hydrogen-bond donors (Lipinski definition) is 0. The molecule has 0 saturated carbocycles. The second-order valence-corrected chi connectivity index (χ2v) is 10.2. The van der Waals surface area contributed by atoms with Gasteiger partial charge in [0.2, 0.25) is 0 Å². The van der Waals surface area contributed by atoms with Crippen molar-refractivity contribution in [3.05, 3.63) is 0 Å². The first-order valence-corrected chi connectivity index (χ1v) is 7.52. The van der Waals surface area contributed by atoms with Crippen molar-refractivity contribution >= 4 is 6.83 Å². The molecule has 2 saturated heterocycles. The fraction of sp³-hybridized carbons (Fsp3) is 1.00. The molecule has 0 aromatic heterocycles. The predicted molar refractivity (Wildman–Crippen MR) is 47.2 cm³/mol. The van der Waals surface area contributed by atoms with Gasteiger partial charge in [0, 0.05) is 0 Å². The first-order valence-electron chi connectivity index (χ1n) is 4.37. The van der Waals surface area contributed by atoms with Gasteiger partial charge in [-0.1, -0.05) is 0 Å². The molecule has 0 N–H and O–H groups in total. The maximum absolute atomic E-state index is 6.02. The Bertz CT molecular complexity index is 120. The van der Waals surface area contributed by atoms with Crippen molar-refractivity contribution in [2.24, 2.45) is 0 Å². The van der Waals surface area contributed by atoms with Crippen LogP contribution >= 0.6 is 6.83 Å². The second-order valence-electron chi connectivity index (χ2n) is 4.25.